The van der Waals surface area contributed by atoms with Crippen molar-refractivity contribution in [2.24, 2.45) is 5.92 Å². The number of nitrogens with zero attached hydrogens (tertiary/aromatic N) is 2. The summed E-state index contributed by atoms with van der Waals surface area (Å²) in [6.07, 6.45) is 7.06. The summed E-state index contributed by atoms with van der Waals surface area (Å²) in [5, 5.41) is 0. The maximum absolute atomic E-state index is 4.74. The van der Waals surface area contributed by atoms with Gasteiger partial charge in [0.1, 0.15) is 5.82 Å². The van der Waals surface area contributed by atoms with Gasteiger partial charge in [0.25, 0.3) is 0 Å². The van der Waals surface area contributed by atoms with Gasteiger partial charge >= 0.3 is 0 Å². The van der Waals surface area contributed by atoms with E-state index in [0.717, 1.165) is 39.8 Å². The molecule has 2 fully saturated rings. The largest absolute Gasteiger partial charge is 0.341 e. The zero-order chi connectivity index (χ0) is 13.5. The first-order valence-corrected chi connectivity index (χ1v) is 8.47. The molecule has 0 unspecified atom stereocenters. The van der Waals surface area contributed by atoms with Crippen molar-refractivity contribution < 1.29 is 0 Å². The second kappa shape index (κ2) is 5.15. The molecule has 4 rings (SSSR count). The Morgan fingerprint density at radius 3 is 3.10 bits per heavy atom. The van der Waals surface area contributed by atoms with Gasteiger partial charge in [-0.25, -0.2) is 4.98 Å². The number of hydrogen-bond acceptors (Lipinski definition) is 2. The predicted octanol–water partition coefficient (Wildman–Crippen LogP) is 4.09. The smallest absolute Gasteiger partial charge is 0.121 e. The number of aromatic nitrogens is 2. The van der Waals surface area contributed by atoms with Crippen LogP contribution in [0.3, 0.4) is 0 Å². The average molecular weight is 334 g/mol. The zero-order valence-corrected chi connectivity index (χ0v) is 13.2. The number of H-pyrrole nitrogens is 1. The van der Waals surface area contributed by atoms with Crippen LogP contribution in [0, 0.1) is 5.92 Å². The van der Waals surface area contributed by atoms with Crippen molar-refractivity contribution in [1.29, 1.82) is 0 Å². The normalized spacial score (nSPS) is 27.1. The summed E-state index contributed by atoms with van der Waals surface area (Å²) in [5.41, 5.74) is 2.20. The molecule has 0 spiro atoms. The lowest BCUT2D eigenvalue weighted by molar-refractivity contribution is 0.173. The van der Waals surface area contributed by atoms with Crippen LogP contribution in [0.4, 0.5) is 0 Å². The molecule has 2 aliphatic rings. The zero-order valence-electron chi connectivity index (χ0n) is 11.6. The average Bonchev–Trinajstić information content (AvgIpc) is 3.03. The van der Waals surface area contributed by atoms with Crippen LogP contribution in [0.1, 0.15) is 37.9 Å². The molecule has 0 radical (unpaired) electrons. The van der Waals surface area contributed by atoms with Crippen molar-refractivity contribution in [2.45, 2.75) is 44.7 Å². The minimum Gasteiger partial charge on any atom is -0.341 e. The Hall–Kier alpha value is -0.870. The molecule has 106 valence electrons. The summed E-state index contributed by atoms with van der Waals surface area (Å²) < 4.78 is 1.11. The molecule has 2 aromatic rings. The number of nitrogens with one attached hydrogen (secondary N) is 1. The first-order chi connectivity index (χ1) is 9.79. The molecule has 1 aliphatic heterocycles. The highest BCUT2D eigenvalue weighted by atomic mass is 79.9. The molecular weight excluding hydrogens is 314 g/mol. The van der Waals surface area contributed by atoms with Gasteiger partial charge in [0.15, 0.2) is 0 Å². The lowest BCUT2D eigenvalue weighted by Gasteiger charge is -2.31. The third-order valence-corrected chi connectivity index (χ3v) is 5.46. The Kier molecular flexibility index (Phi) is 3.31. The van der Waals surface area contributed by atoms with Crippen LogP contribution in [0.5, 0.6) is 0 Å². The van der Waals surface area contributed by atoms with Gasteiger partial charge in [0.2, 0.25) is 0 Å². The predicted molar refractivity (Wildman–Crippen MR) is 84.6 cm³/mol. The number of imidazole rings is 1. The fraction of sp³-hybridized carbons (Fsp3) is 0.562. The maximum atomic E-state index is 4.74. The van der Waals surface area contributed by atoms with Crippen molar-refractivity contribution in [3.63, 3.8) is 0 Å². The van der Waals surface area contributed by atoms with Crippen LogP contribution < -0.4 is 0 Å². The van der Waals surface area contributed by atoms with Crippen LogP contribution in [0.15, 0.2) is 22.7 Å². The summed E-state index contributed by atoms with van der Waals surface area (Å²) in [4.78, 5) is 10.9. The van der Waals surface area contributed by atoms with Crippen molar-refractivity contribution in [3.8, 4) is 0 Å². The highest BCUT2D eigenvalue weighted by Crippen LogP contribution is 2.36. The molecule has 0 bridgehead atoms. The van der Waals surface area contributed by atoms with Crippen LogP contribution >= 0.6 is 15.9 Å². The van der Waals surface area contributed by atoms with E-state index in [2.05, 4.69) is 44.0 Å². The second-order valence-corrected chi connectivity index (χ2v) is 7.13. The molecule has 1 aromatic heterocycles. The van der Waals surface area contributed by atoms with Crippen molar-refractivity contribution in [1.82, 2.24) is 14.9 Å². The highest BCUT2D eigenvalue weighted by molar-refractivity contribution is 9.10. The first-order valence-electron chi connectivity index (χ1n) is 7.68. The fourth-order valence-corrected chi connectivity index (χ4v) is 4.36. The molecule has 1 N–H and O–H groups in total. The lowest BCUT2D eigenvalue weighted by atomic mass is 9.85. The summed E-state index contributed by atoms with van der Waals surface area (Å²) >= 11 is 3.52. The summed E-state index contributed by atoms with van der Waals surface area (Å²) in [7, 11) is 0. The number of likely N-dealkylation sites (tertiary alicyclic amines) is 1. The Labute approximate surface area is 127 Å². The monoisotopic (exact) mass is 333 g/mol. The number of aromatic amines is 1. The summed E-state index contributed by atoms with van der Waals surface area (Å²) in [5.74, 6) is 2.06. The molecule has 2 heterocycles. The van der Waals surface area contributed by atoms with E-state index in [1.807, 2.05) is 0 Å². The molecule has 1 aromatic carbocycles. The van der Waals surface area contributed by atoms with Crippen LogP contribution in [0.25, 0.3) is 11.0 Å². The second-order valence-electron chi connectivity index (χ2n) is 6.22. The van der Waals surface area contributed by atoms with E-state index < -0.39 is 0 Å². The third kappa shape index (κ3) is 2.29. The number of rotatable bonds is 2. The van der Waals surface area contributed by atoms with E-state index in [9.17, 15) is 0 Å². The van der Waals surface area contributed by atoms with Gasteiger partial charge in [0, 0.05) is 10.5 Å². The van der Waals surface area contributed by atoms with Crippen molar-refractivity contribution >= 4 is 27.0 Å². The van der Waals surface area contributed by atoms with Gasteiger partial charge in [-0.2, -0.15) is 0 Å². The Morgan fingerprint density at radius 1 is 1.25 bits per heavy atom. The number of benzene rings is 1. The molecule has 3 nitrogen and oxygen atoms in total. The number of fused-ring (bicyclic) bond motifs is 2. The highest BCUT2D eigenvalue weighted by Gasteiger charge is 2.35. The molecule has 0 amide bonds. The standard InChI is InChI=1S/C16H20BrN3/c17-12-5-6-13-14(9-12)19-16(18-13)10-20-8-7-11-3-1-2-4-15(11)20/h5-6,9,11,15H,1-4,7-8,10H2,(H,18,19)/t11-,15-/m1/s1. The van der Waals surface area contributed by atoms with Gasteiger partial charge in [-0.15, -0.1) is 0 Å². The van der Waals surface area contributed by atoms with Gasteiger partial charge in [-0.3, -0.25) is 4.90 Å². The topological polar surface area (TPSA) is 31.9 Å². The number of hydrogen-bond donors (Lipinski definition) is 1. The van der Waals surface area contributed by atoms with E-state index in [1.54, 1.807) is 0 Å². The molecule has 1 aliphatic carbocycles. The Balaban J connectivity index is 1.55. The molecule has 20 heavy (non-hydrogen) atoms. The minimum atomic E-state index is 0.809. The Bertz CT molecular complexity index is 621. The van der Waals surface area contributed by atoms with Gasteiger partial charge in [-0.05, 0) is 49.9 Å². The van der Waals surface area contributed by atoms with Crippen molar-refractivity contribution in [3.05, 3.63) is 28.5 Å². The molecule has 2 atom stereocenters. The van der Waals surface area contributed by atoms with E-state index in [1.165, 1.54) is 38.6 Å². The lowest BCUT2D eigenvalue weighted by Crippen LogP contribution is -2.34. The van der Waals surface area contributed by atoms with E-state index >= 15 is 0 Å². The van der Waals surface area contributed by atoms with Crippen LogP contribution in [-0.4, -0.2) is 27.5 Å². The third-order valence-electron chi connectivity index (χ3n) is 4.97. The molecule has 1 saturated heterocycles. The minimum absolute atomic E-state index is 0.809. The summed E-state index contributed by atoms with van der Waals surface area (Å²) in [6.45, 7) is 2.23. The summed E-state index contributed by atoms with van der Waals surface area (Å²) in [6, 6.07) is 7.05. The van der Waals surface area contributed by atoms with Gasteiger partial charge in [0.05, 0.1) is 17.6 Å². The van der Waals surface area contributed by atoms with E-state index in [-0.39, 0.29) is 0 Å². The quantitative estimate of drug-likeness (QED) is 0.897. The van der Waals surface area contributed by atoms with Crippen LogP contribution in [0.2, 0.25) is 0 Å². The van der Waals surface area contributed by atoms with Gasteiger partial charge < -0.3 is 4.98 Å². The first kappa shape index (κ1) is 12.8. The van der Waals surface area contributed by atoms with Gasteiger partial charge in [-0.1, -0.05) is 28.8 Å². The molecular formula is C16H20BrN3. The van der Waals surface area contributed by atoms with Crippen molar-refractivity contribution in [2.75, 3.05) is 6.54 Å². The van der Waals surface area contributed by atoms with Crippen LogP contribution in [-0.2, 0) is 6.54 Å². The fourth-order valence-electron chi connectivity index (χ4n) is 4.00. The maximum Gasteiger partial charge on any atom is 0.121 e. The van der Waals surface area contributed by atoms with E-state index in [0.29, 0.717) is 0 Å². The SMILES string of the molecule is Brc1ccc2nc(CN3CC[C@H]4CCCC[C@H]43)[nH]c2c1. The Morgan fingerprint density at radius 2 is 2.15 bits per heavy atom. The molecule has 4 heteroatoms. The molecule has 1 saturated carbocycles. The number of halogens is 1. The van der Waals surface area contributed by atoms with E-state index in [4.69, 9.17) is 4.98 Å².